The second kappa shape index (κ2) is 12.7. The van der Waals surface area contributed by atoms with Crippen LogP contribution in [-0.4, -0.2) is 28.0 Å². The number of aromatic nitrogens is 2. The standard InChI is InChI=1S/C26H22N4O2S.CH4S/c1-17-8-6-10-19(14-17)24(31)27-22-16-23(33-21-12-4-3-5-13-21)29-26(28-22)30-25(32)20-11-7-9-18(2)15-20;1-2/h3-16H,1-2H3,(H2,27,28,29,30,31,32);2H,1H3. The quantitative estimate of drug-likeness (QED) is 0.213. The van der Waals surface area contributed by atoms with Crippen molar-refractivity contribution in [1.29, 1.82) is 0 Å². The molecule has 0 aliphatic heterocycles. The summed E-state index contributed by atoms with van der Waals surface area (Å²) in [5.74, 6) is -0.197. The lowest BCUT2D eigenvalue weighted by Crippen LogP contribution is -2.17. The van der Waals surface area contributed by atoms with E-state index in [1.54, 1.807) is 36.6 Å². The fourth-order valence-electron chi connectivity index (χ4n) is 3.14. The van der Waals surface area contributed by atoms with Crippen LogP contribution in [0.2, 0.25) is 0 Å². The maximum Gasteiger partial charge on any atom is 0.258 e. The zero-order chi connectivity index (χ0) is 25.2. The van der Waals surface area contributed by atoms with E-state index in [0.717, 1.165) is 16.0 Å². The molecule has 1 aromatic heterocycles. The summed E-state index contributed by atoms with van der Waals surface area (Å²) in [7, 11) is 0. The molecule has 0 aliphatic rings. The van der Waals surface area contributed by atoms with E-state index in [1.807, 2.05) is 68.4 Å². The molecule has 0 saturated heterocycles. The van der Waals surface area contributed by atoms with Crippen molar-refractivity contribution >= 4 is 48.0 Å². The van der Waals surface area contributed by atoms with Gasteiger partial charge in [-0.1, -0.05) is 65.4 Å². The largest absolute Gasteiger partial charge is 0.306 e. The second-order valence-corrected chi connectivity index (χ2v) is 8.57. The van der Waals surface area contributed by atoms with Crippen molar-refractivity contribution in [2.45, 2.75) is 23.8 Å². The van der Waals surface area contributed by atoms with E-state index in [2.05, 4.69) is 33.2 Å². The maximum absolute atomic E-state index is 12.8. The average molecular weight is 503 g/mol. The molecule has 0 bridgehead atoms. The lowest BCUT2D eigenvalue weighted by Gasteiger charge is -2.11. The highest BCUT2D eigenvalue weighted by atomic mass is 32.2. The Morgan fingerprint density at radius 3 is 1.86 bits per heavy atom. The van der Waals surface area contributed by atoms with E-state index in [4.69, 9.17) is 0 Å². The molecule has 0 radical (unpaired) electrons. The van der Waals surface area contributed by atoms with Crippen LogP contribution in [-0.2, 0) is 0 Å². The smallest absolute Gasteiger partial charge is 0.258 e. The number of benzene rings is 3. The summed E-state index contributed by atoms with van der Waals surface area (Å²) in [5, 5.41) is 6.16. The summed E-state index contributed by atoms with van der Waals surface area (Å²) in [5.41, 5.74) is 2.99. The molecular formula is C27H26N4O2S2. The molecular weight excluding hydrogens is 476 g/mol. The van der Waals surface area contributed by atoms with Gasteiger partial charge in [0.2, 0.25) is 5.95 Å². The third-order valence-electron chi connectivity index (χ3n) is 4.70. The molecule has 3 aromatic carbocycles. The molecule has 0 fully saturated rings. The molecule has 0 saturated carbocycles. The Morgan fingerprint density at radius 2 is 1.29 bits per heavy atom. The fourth-order valence-corrected chi connectivity index (χ4v) is 3.98. The van der Waals surface area contributed by atoms with Gasteiger partial charge in [-0.05, 0) is 56.5 Å². The van der Waals surface area contributed by atoms with Crippen molar-refractivity contribution < 1.29 is 9.59 Å². The van der Waals surface area contributed by atoms with E-state index in [0.29, 0.717) is 22.0 Å². The van der Waals surface area contributed by atoms with E-state index in [1.165, 1.54) is 11.8 Å². The maximum atomic E-state index is 12.8. The summed E-state index contributed by atoms with van der Waals surface area (Å²) >= 11 is 4.94. The molecule has 4 rings (SSSR count). The first kappa shape index (κ1) is 26.0. The Hall–Kier alpha value is -3.62. The van der Waals surface area contributed by atoms with Crippen LogP contribution in [0.25, 0.3) is 0 Å². The first-order valence-corrected chi connectivity index (χ1v) is 12.5. The zero-order valence-electron chi connectivity index (χ0n) is 19.6. The Morgan fingerprint density at radius 1 is 0.714 bits per heavy atom. The number of nitrogens with one attached hydrogen (secondary N) is 2. The number of amides is 2. The van der Waals surface area contributed by atoms with Gasteiger partial charge in [0.15, 0.2) is 0 Å². The molecule has 0 atom stereocenters. The first-order valence-electron chi connectivity index (χ1n) is 10.8. The second-order valence-electron chi connectivity index (χ2n) is 7.48. The van der Waals surface area contributed by atoms with Gasteiger partial charge in [-0.15, -0.1) is 0 Å². The van der Waals surface area contributed by atoms with Gasteiger partial charge in [0.05, 0.1) is 0 Å². The van der Waals surface area contributed by atoms with Crippen LogP contribution in [0.5, 0.6) is 0 Å². The fraction of sp³-hybridized carbons (Fsp3) is 0.111. The van der Waals surface area contributed by atoms with Crippen LogP contribution in [0.3, 0.4) is 0 Å². The third kappa shape index (κ3) is 7.70. The van der Waals surface area contributed by atoms with Crippen molar-refractivity contribution in [2.24, 2.45) is 0 Å². The normalized spacial score (nSPS) is 10.1. The van der Waals surface area contributed by atoms with Gasteiger partial charge in [0, 0.05) is 22.1 Å². The van der Waals surface area contributed by atoms with Crippen molar-refractivity contribution in [3.63, 3.8) is 0 Å². The summed E-state index contributed by atoms with van der Waals surface area (Å²) in [4.78, 5) is 35.3. The topological polar surface area (TPSA) is 84.0 Å². The highest BCUT2D eigenvalue weighted by molar-refractivity contribution is 7.99. The molecule has 0 spiro atoms. The van der Waals surface area contributed by atoms with Gasteiger partial charge in [-0.25, -0.2) is 4.98 Å². The number of carbonyl (C=O) groups excluding carboxylic acids is 2. The van der Waals surface area contributed by atoms with Gasteiger partial charge >= 0.3 is 0 Å². The van der Waals surface area contributed by atoms with Crippen LogP contribution >= 0.6 is 24.4 Å². The number of hydrogen-bond acceptors (Lipinski definition) is 6. The Kier molecular flexibility index (Phi) is 9.46. The van der Waals surface area contributed by atoms with Gasteiger partial charge in [-0.2, -0.15) is 17.6 Å². The van der Waals surface area contributed by atoms with Crippen LogP contribution in [0, 0.1) is 13.8 Å². The number of nitrogens with zero attached hydrogens (tertiary/aromatic N) is 2. The summed E-state index contributed by atoms with van der Waals surface area (Å²) < 4.78 is 0. The van der Waals surface area contributed by atoms with Crippen molar-refractivity contribution in [3.05, 3.63) is 107 Å². The number of anilines is 2. The third-order valence-corrected chi connectivity index (χ3v) is 5.62. The lowest BCUT2D eigenvalue weighted by atomic mass is 10.1. The van der Waals surface area contributed by atoms with E-state index < -0.39 is 0 Å². The predicted molar refractivity (Wildman–Crippen MR) is 146 cm³/mol. The number of thiol groups is 1. The molecule has 2 amide bonds. The SMILES string of the molecule is CS.Cc1cccc(C(=O)Nc2cc(Sc3ccccc3)nc(NC(=O)c3cccc(C)c3)n2)c1. The monoisotopic (exact) mass is 502 g/mol. The molecule has 4 aromatic rings. The Balaban J connectivity index is 0.00000167. The van der Waals surface area contributed by atoms with Crippen LogP contribution in [0.4, 0.5) is 11.8 Å². The molecule has 0 aliphatic carbocycles. The molecule has 1 heterocycles. The summed E-state index contributed by atoms with van der Waals surface area (Å²) in [6.45, 7) is 3.85. The van der Waals surface area contributed by atoms with Gasteiger partial charge in [-0.3, -0.25) is 14.9 Å². The van der Waals surface area contributed by atoms with Crippen molar-refractivity contribution in [1.82, 2.24) is 9.97 Å². The molecule has 35 heavy (non-hydrogen) atoms. The average Bonchev–Trinajstić information content (AvgIpc) is 2.86. The summed E-state index contributed by atoms with van der Waals surface area (Å²) in [6, 6.07) is 26.0. The number of rotatable bonds is 6. The number of aryl methyl sites for hydroxylation is 2. The van der Waals surface area contributed by atoms with Crippen molar-refractivity contribution in [2.75, 3.05) is 16.9 Å². The van der Waals surface area contributed by atoms with Gasteiger partial charge in [0.25, 0.3) is 11.8 Å². The minimum absolute atomic E-state index is 0.113. The molecule has 6 nitrogen and oxygen atoms in total. The van der Waals surface area contributed by atoms with E-state index in [9.17, 15) is 9.59 Å². The lowest BCUT2D eigenvalue weighted by molar-refractivity contribution is 0.101. The van der Waals surface area contributed by atoms with Gasteiger partial charge in [0.1, 0.15) is 10.8 Å². The molecule has 0 unspecified atom stereocenters. The minimum Gasteiger partial charge on any atom is -0.306 e. The molecule has 2 N–H and O–H groups in total. The highest BCUT2D eigenvalue weighted by Crippen LogP contribution is 2.28. The first-order chi connectivity index (χ1) is 17.0. The molecule has 178 valence electrons. The van der Waals surface area contributed by atoms with Crippen LogP contribution in [0.15, 0.2) is 94.9 Å². The van der Waals surface area contributed by atoms with Crippen LogP contribution < -0.4 is 10.6 Å². The Labute approximate surface area is 215 Å². The Bertz CT molecular complexity index is 1240. The zero-order valence-corrected chi connectivity index (χ0v) is 21.4. The number of hydrogen-bond donors (Lipinski definition) is 3. The van der Waals surface area contributed by atoms with Crippen molar-refractivity contribution in [3.8, 4) is 0 Å². The van der Waals surface area contributed by atoms with Gasteiger partial charge < -0.3 is 5.32 Å². The summed E-state index contributed by atoms with van der Waals surface area (Å²) in [6.07, 6.45) is 1.69. The number of carbonyl (C=O) groups is 2. The minimum atomic E-state index is -0.323. The highest BCUT2D eigenvalue weighted by Gasteiger charge is 2.14. The predicted octanol–water partition coefficient (Wildman–Crippen LogP) is 6.30. The molecule has 8 heteroatoms. The van der Waals surface area contributed by atoms with E-state index in [-0.39, 0.29) is 17.8 Å². The van der Waals surface area contributed by atoms with Crippen LogP contribution in [0.1, 0.15) is 31.8 Å². The van der Waals surface area contributed by atoms with E-state index >= 15 is 0 Å².